The Kier molecular flexibility index (Phi) is 7.40. The molecule has 1 rings (SSSR count). The zero-order valence-electron chi connectivity index (χ0n) is 17.0. The van der Waals surface area contributed by atoms with Crippen molar-refractivity contribution in [1.29, 1.82) is 0 Å². The van der Waals surface area contributed by atoms with Crippen molar-refractivity contribution >= 4 is 30.2 Å². The van der Waals surface area contributed by atoms with Crippen LogP contribution in [0.5, 0.6) is 5.75 Å². The monoisotopic (exact) mass is 398 g/mol. The molecule has 0 radical (unpaired) electrons. The van der Waals surface area contributed by atoms with Crippen molar-refractivity contribution in [3.63, 3.8) is 0 Å². The summed E-state index contributed by atoms with van der Waals surface area (Å²) in [5.41, 5.74) is 2.15. The minimum Gasteiger partial charge on any atom is -0.507 e. The first-order valence-corrected chi connectivity index (χ1v) is 11.4. The third kappa shape index (κ3) is 6.02. The molecule has 6 heteroatoms. The Bertz CT molecular complexity index is 696. The standard InChI is InChI=1S/C20H31O4PS/c1-19(2,3)16-11-14(12-17(18(16)22)20(4,5)6)9-10-15(21)13-25(26,23-7)24-8/h9-12,22H,13H2,1-8H3. The lowest BCUT2D eigenvalue weighted by Gasteiger charge is -2.27. The van der Waals surface area contributed by atoms with Crippen LogP contribution in [-0.2, 0) is 36.5 Å². The summed E-state index contributed by atoms with van der Waals surface area (Å²) < 4.78 is 10.3. The second kappa shape index (κ2) is 8.35. The first-order valence-electron chi connectivity index (χ1n) is 8.53. The van der Waals surface area contributed by atoms with E-state index in [4.69, 9.17) is 20.9 Å². The molecule has 0 saturated heterocycles. The predicted octanol–water partition coefficient (Wildman–Crippen LogP) is 5.17. The number of benzene rings is 1. The van der Waals surface area contributed by atoms with E-state index in [1.807, 2.05) is 12.1 Å². The Morgan fingerprint density at radius 2 is 1.50 bits per heavy atom. The summed E-state index contributed by atoms with van der Waals surface area (Å²) in [6.45, 7) is 9.79. The summed E-state index contributed by atoms with van der Waals surface area (Å²) in [4.78, 5) is 12.2. The molecule has 0 heterocycles. The van der Waals surface area contributed by atoms with Crippen molar-refractivity contribution in [3.05, 3.63) is 34.9 Å². The molecule has 0 spiro atoms. The molecule has 0 aliphatic rings. The summed E-state index contributed by atoms with van der Waals surface area (Å²) in [7, 11) is 2.93. The lowest BCUT2D eigenvalue weighted by atomic mass is 9.78. The minimum absolute atomic E-state index is 0.0577. The zero-order valence-corrected chi connectivity index (χ0v) is 18.8. The van der Waals surface area contributed by atoms with E-state index in [0.29, 0.717) is 5.75 Å². The van der Waals surface area contributed by atoms with Gasteiger partial charge >= 0.3 is 0 Å². The van der Waals surface area contributed by atoms with Crippen LogP contribution in [0.4, 0.5) is 0 Å². The molecule has 26 heavy (non-hydrogen) atoms. The van der Waals surface area contributed by atoms with Crippen LogP contribution >= 0.6 is 6.49 Å². The largest absolute Gasteiger partial charge is 0.507 e. The summed E-state index contributed by atoms with van der Waals surface area (Å²) in [5.74, 6) is 0.183. The van der Waals surface area contributed by atoms with Gasteiger partial charge < -0.3 is 14.2 Å². The van der Waals surface area contributed by atoms with Crippen molar-refractivity contribution < 1.29 is 18.9 Å². The molecular weight excluding hydrogens is 367 g/mol. The lowest BCUT2D eigenvalue weighted by molar-refractivity contribution is -0.112. The fraction of sp³-hybridized carbons (Fsp3) is 0.550. The van der Waals surface area contributed by atoms with Crippen LogP contribution in [-0.4, -0.2) is 31.3 Å². The van der Waals surface area contributed by atoms with E-state index >= 15 is 0 Å². The Labute approximate surface area is 162 Å². The average Bonchev–Trinajstić information content (AvgIpc) is 2.51. The van der Waals surface area contributed by atoms with Crippen molar-refractivity contribution in [2.24, 2.45) is 0 Å². The minimum atomic E-state index is -2.55. The maximum Gasteiger partial charge on any atom is 0.195 e. The molecule has 146 valence electrons. The number of ketones is 1. The number of carbonyl (C=O) groups excluding carboxylic acids is 1. The number of carbonyl (C=O) groups is 1. The van der Waals surface area contributed by atoms with Gasteiger partial charge in [0.05, 0.1) is 6.16 Å². The lowest BCUT2D eigenvalue weighted by Crippen LogP contribution is -2.17. The van der Waals surface area contributed by atoms with Crippen molar-refractivity contribution in [2.75, 3.05) is 20.4 Å². The molecule has 0 aliphatic carbocycles. The van der Waals surface area contributed by atoms with Gasteiger partial charge in [-0.15, -0.1) is 0 Å². The van der Waals surface area contributed by atoms with Crippen molar-refractivity contribution in [2.45, 2.75) is 52.4 Å². The van der Waals surface area contributed by atoms with E-state index in [1.165, 1.54) is 20.3 Å². The van der Waals surface area contributed by atoms with Crippen LogP contribution in [0.15, 0.2) is 18.2 Å². The number of phenols is 1. The number of rotatable bonds is 6. The van der Waals surface area contributed by atoms with E-state index in [0.717, 1.165) is 16.7 Å². The summed E-state index contributed by atoms with van der Waals surface area (Å²) >= 11 is 5.25. The van der Waals surface area contributed by atoms with Gasteiger partial charge in [-0.05, 0) is 46.4 Å². The molecule has 0 amide bonds. The Balaban J connectivity index is 3.29. The third-order valence-electron chi connectivity index (χ3n) is 4.12. The number of hydrogen-bond donors (Lipinski definition) is 1. The van der Waals surface area contributed by atoms with Gasteiger partial charge in [-0.1, -0.05) is 47.6 Å². The second-order valence-corrected chi connectivity index (χ2v) is 12.3. The summed E-state index contributed by atoms with van der Waals surface area (Å²) in [6, 6.07) is 3.86. The Hall–Kier alpha value is -1.00. The van der Waals surface area contributed by atoms with Gasteiger partial charge in [0.1, 0.15) is 5.75 Å². The Morgan fingerprint density at radius 3 is 1.85 bits per heavy atom. The number of aromatic hydroxyl groups is 1. The molecule has 0 aliphatic heterocycles. The highest BCUT2D eigenvalue weighted by Crippen LogP contribution is 2.46. The summed E-state index contributed by atoms with van der Waals surface area (Å²) in [6.07, 6.45) is 3.32. The molecule has 0 saturated carbocycles. The van der Waals surface area contributed by atoms with E-state index in [-0.39, 0.29) is 22.8 Å². The number of hydrogen-bond acceptors (Lipinski definition) is 5. The third-order valence-corrected chi connectivity index (χ3v) is 7.21. The van der Waals surface area contributed by atoms with Gasteiger partial charge in [-0.2, -0.15) is 0 Å². The normalized spacial score (nSPS) is 13.4. The molecule has 0 fully saturated rings. The maximum absolute atomic E-state index is 12.2. The van der Waals surface area contributed by atoms with Gasteiger partial charge in [0.2, 0.25) is 0 Å². The molecule has 0 aromatic heterocycles. The van der Waals surface area contributed by atoms with Crippen molar-refractivity contribution in [3.8, 4) is 5.75 Å². The molecule has 0 unspecified atom stereocenters. The smallest absolute Gasteiger partial charge is 0.195 e. The molecule has 0 bridgehead atoms. The highest BCUT2D eigenvalue weighted by atomic mass is 32.5. The molecule has 0 atom stereocenters. The fourth-order valence-corrected chi connectivity index (χ4v) is 3.81. The highest BCUT2D eigenvalue weighted by Gasteiger charge is 2.26. The van der Waals surface area contributed by atoms with Gasteiger partial charge in [0.15, 0.2) is 12.3 Å². The first kappa shape index (κ1) is 23.0. The van der Waals surface area contributed by atoms with Crippen LogP contribution in [0, 0.1) is 0 Å². The van der Waals surface area contributed by atoms with Gasteiger partial charge in [-0.25, -0.2) is 0 Å². The zero-order chi connectivity index (χ0) is 20.3. The topological polar surface area (TPSA) is 55.8 Å². The number of phenolic OH excluding ortho intramolecular Hbond substituents is 1. The van der Waals surface area contributed by atoms with Crippen LogP contribution in [0.2, 0.25) is 0 Å². The summed E-state index contributed by atoms with van der Waals surface area (Å²) in [5, 5.41) is 10.7. The highest BCUT2D eigenvalue weighted by molar-refractivity contribution is 8.10. The van der Waals surface area contributed by atoms with Crippen molar-refractivity contribution in [1.82, 2.24) is 0 Å². The van der Waals surface area contributed by atoms with Crippen LogP contribution in [0.1, 0.15) is 58.2 Å². The van der Waals surface area contributed by atoms with Crippen LogP contribution in [0.25, 0.3) is 6.08 Å². The van der Waals surface area contributed by atoms with Gasteiger partial charge in [0, 0.05) is 25.3 Å². The average molecular weight is 399 g/mol. The molecule has 1 N–H and O–H groups in total. The second-order valence-electron chi connectivity index (χ2n) is 8.40. The SMILES string of the molecule is COP(=S)(CC(=O)C=Cc1cc(C(C)(C)C)c(O)c(C(C)(C)C)c1)OC. The molecular formula is C20H31O4PS. The van der Waals surface area contributed by atoms with Crippen LogP contribution in [0.3, 0.4) is 0 Å². The predicted molar refractivity (Wildman–Crippen MR) is 113 cm³/mol. The Morgan fingerprint density at radius 1 is 1.08 bits per heavy atom. The maximum atomic E-state index is 12.2. The van der Waals surface area contributed by atoms with Crippen LogP contribution < -0.4 is 0 Å². The van der Waals surface area contributed by atoms with Gasteiger partial charge in [-0.3, -0.25) is 4.79 Å². The molecule has 4 nitrogen and oxygen atoms in total. The fourth-order valence-electron chi connectivity index (χ4n) is 2.53. The first-order chi connectivity index (χ1) is 11.7. The van der Waals surface area contributed by atoms with E-state index in [1.54, 1.807) is 6.08 Å². The van der Waals surface area contributed by atoms with E-state index in [2.05, 4.69) is 41.5 Å². The number of allylic oxidation sites excluding steroid dienone is 1. The van der Waals surface area contributed by atoms with Gasteiger partial charge in [0.25, 0.3) is 0 Å². The molecule has 1 aromatic carbocycles. The van der Waals surface area contributed by atoms with E-state index < -0.39 is 6.49 Å². The van der Waals surface area contributed by atoms with E-state index in [9.17, 15) is 9.90 Å². The molecule has 1 aromatic rings. The quantitative estimate of drug-likeness (QED) is 0.529.